The third-order valence-corrected chi connectivity index (χ3v) is 5.27. The van der Waals surface area contributed by atoms with Gasteiger partial charge in [0, 0.05) is 36.3 Å². The predicted molar refractivity (Wildman–Crippen MR) is 111 cm³/mol. The van der Waals surface area contributed by atoms with Crippen molar-refractivity contribution in [2.24, 2.45) is 0 Å². The first-order chi connectivity index (χ1) is 13.5. The van der Waals surface area contributed by atoms with E-state index >= 15 is 0 Å². The molecule has 0 aliphatic carbocycles. The van der Waals surface area contributed by atoms with Crippen LogP contribution in [0.15, 0.2) is 48.5 Å². The Labute approximate surface area is 171 Å². The van der Waals surface area contributed by atoms with E-state index in [4.69, 9.17) is 21.1 Å². The van der Waals surface area contributed by atoms with Gasteiger partial charge in [0.25, 0.3) is 5.91 Å². The molecule has 0 bridgehead atoms. The molecule has 0 aromatic heterocycles. The normalized spacial score (nSPS) is 16.4. The van der Waals surface area contributed by atoms with Crippen molar-refractivity contribution >= 4 is 17.5 Å². The highest BCUT2D eigenvalue weighted by Crippen LogP contribution is 2.22. The maximum atomic E-state index is 12.4. The molecule has 2 aromatic carbocycles. The molecule has 1 heterocycles. The van der Waals surface area contributed by atoms with E-state index in [0.717, 1.165) is 38.2 Å². The largest absolute Gasteiger partial charge is 0.496 e. The number of hydrogen-bond donors (Lipinski definition) is 1. The summed E-state index contributed by atoms with van der Waals surface area (Å²) in [5.41, 5.74) is 1.19. The molecule has 1 saturated heterocycles. The lowest BCUT2D eigenvalue weighted by Crippen LogP contribution is -2.47. The van der Waals surface area contributed by atoms with Crippen molar-refractivity contribution < 1.29 is 14.3 Å². The van der Waals surface area contributed by atoms with Crippen molar-refractivity contribution in [2.45, 2.75) is 38.5 Å². The van der Waals surface area contributed by atoms with E-state index in [-0.39, 0.29) is 11.9 Å². The van der Waals surface area contributed by atoms with Gasteiger partial charge in [-0.25, -0.2) is 0 Å². The smallest absolute Gasteiger partial charge is 0.260 e. The minimum Gasteiger partial charge on any atom is -0.496 e. The Morgan fingerprint density at radius 3 is 2.54 bits per heavy atom. The second kappa shape index (κ2) is 9.80. The minimum absolute atomic E-state index is 0.0851. The van der Waals surface area contributed by atoms with Gasteiger partial charge < -0.3 is 14.8 Å². The van der Waals surface area contributed by atoms with Crippen LogP contribution in [0.4, 0.5) is 0 Å². The number of para-hydroxylation sites is 1. The van der Waals surface area contributed by atoms with Crippen molar-refractivity contribution in [3.05, 3.63) is 59.1 Å². The van der Waals surface area contributed by atoms with Gasteiger partial charge in [0.05, 0.1) is 7.11 Å². The third kappa shape index (κ3) is 5.63. The molecule has 1 aliphatic rings. The predicted octanol–water partition coefficient (Wildman–Crippen LogP) is 3.90. The molecule has 1 amide bonds. The molecule has 28 heavy (non-hydrogen) atoms. The fraction of sp³-hybridized carbons (Fsp3) is 0.409. The summed E-state index contributed by atoms with van der Waals surface area (Å²) in [5, 5.41) is 3.76. The van der Waals surface area contributed by atoms with Crippen LogP contribution in [-0.2, 0) is 11.3 Å². The average Bonchev–Trinajstić information content (AvgIpc) is 2.71. The van der Waals surface area contributed by atoms with Crippen molar-refractivity contribution in [2.75, 3.05) is 20.2 Å². The molecule has 1 atom stereocenters. The molecule has 5 nitrogen and oxygen atoms in total. The van der Waals surface area contributed by atoms with Crippen LogP contribution in [0.25, 0.3) is 0 Å². The summed E-state index contributed by atoms with van der Waals surface area (Å²) in [5.74, 6) is 1.47. The van der Waals surface area contributed by atoms with Gasteiger partial charge in [0.1, 0.15) is 11.5 Å². The average molecular weight is 403 g/mol. The maximum Gasteiger partial charge on any atom is 0.260 e. The Kier molecular flexibility index (Phi) is 7.18. The summed E-state index contributed by atoms with van der Waals surface area (Å²) in [7, 11) is 1.70. The molecule has 1 N–H and O–H groups in total. The van der Waals surface area contributed by atoms with E-state index in [2.05, 4.69) is 16.3 Å². The van der Waals surface area contributed by atoms with Gasteiger partial charge in [-0.15, -0.1) is 0 Å². The van der Waals surface area contributed by atoms with Gasteiger partial charge >= 0.3 is 0 Å². The molecule has 1 fully saturated rings. The lowest BCUT2D eigenvalue weighted by Gasteiger charge is -2.33. The molecule has 6 heteroatoms. The summed E-state index contributed by atoms with van der Waals surface area (Å²) in [6, 6.07) is 15.3. The summed E-state index contributed by atoms with van der Waals surface area (Å²) in [6.07, 6.45) is 1.30. The van der Waals surface area contributed by atoms with Crippen molar-refractivity contribution in [3.8, 4) is 11.5 Å². The molecule has 0 radical (unpaired) electrons. The maximum absolute atomic E-state index is 12.4. The standard InChI is InChI=1S/C22H27ClN2O3/c1-16(28-20-9-7-18(23)8-10-20)22(26)24-19-11-13-25(14-12-19)15-17-5-3-4-6-21(17)27-2/h3-10,16,19H,11-15H2,1-2H3,(H,24,26). The van der Waals surface area contributed by atoms with Crippen LogP contribution in [-0.4, -0.2) is 43.2 Å². The number of methoxy groups -OCH3 is 1. The molecule has 1 unspecified atom stereocenters. The van der Waals surface area contributed by atoms with Gasteiger partial charge in [-0.1, -0.05) is 29.8 Å². The van der Waals surface area contributed by atoms with E-state index in [0.29, 0.717) is 10.8 Å². The molecule has 0 spiro atoms. The molecule has 2 aromatic rings. The first-order valence-corrected chi connectivity index (χ1v) is 10.00. The van der Waals surface area contributed by atoms with Crippen molar-refractivity contribution in [3.63, 3.8) is 0 Å². The quantitative estimate of drug-likeness (QED) is 0.763. The number of hydrogen-bond acceptors (Lipinski definition) is 4. The SMILES string of the molecule is COc1ccccc1CN1CCC(NC(=O)C(C)Oc2ccc(Cl)cc2)CC1. The number of ether oxygens (including phenoxy) is 2. The number of carbonyl (C=O) groups is 1. The van der Waals surface area contributed by atoms with Crippen LogP contribution in [0.3, 0.4) is 0 Å². The highest BCUT2D eigenvalue weighted by molar-refractivity contribution is 6.30. The van der Waals surface area contributed by atoms with Crippen molar-refractivity contribution in [1.29, 1.82) is 0 Å². The second-order valence-electron chi connectivity index (χ2n) is 7.08. The second-order valence-corrected chi connectivity index (χ2v) is 7.52. The summed E-state index contributed by atoms with van der Waals surface area (Å²) < 4.78 is 11.1. The van der Waals surface area contributed by atoms with Gasteiger partial charge in [0.2, 0.25) is 0 Å². The zero-order chi connectivity index (χ0) is 19.9. The van der Waals surface area contributed by atoms with E-state index in [1.54, 1.807) is 38.3 Å². The zero-order valence-corrected chi connectivity index (χ0v) is 17.1. The Hall–Kier alpha value is -2.24. The number of carbonyl (C=O) groups excluding carboxylic acids is 1. The van der Waals surface area contributed by atoms with Crippen LogP contribution in [0, 0.1) is 0 Å². The first-order valence-electron chi connectivity index (χ1n) is 9.62. The summed E-state index contributed by atoms with van der Waals surface area (Å²) in [4.78, 5) is 14.8. The topological polar surface area (TPSA) is 50.8 Å². The lowest BCUT2D eigenvalue weighted by molar-refractivity contribution is -0.128. The number of amides is 1. The molecule has 3 rings (SSSR count). The third-order valence-electron chi connectivity index (χ3n) is 5.02. The van der Waals surface area contributed by atoms with E-state index in [9.17, 15) is 4.79 Å². The van der Waals surface area contributed by atoms with Gasteiger partial charge in [0.15, 0.2) is 6.10 Å². The molecular formula is C22H27ClN2O3. The fourth-order valence-corrected chi connectivity index (χ4v) is 3.53. The highest BCUT2D eigenvalue weighted by atomic mass is 35.5. The van der Waals surface area contributed by atoms with Gasteiger partial charge in [-0.2, -0.15) is 0 Å². The number of nitrogens with one attached hydrogen (secondary N) is 1. The molecule has 150 valence electrons. The zero-order valence-electron chi connectivity index (χ0n) is 16.4. The number of likely N-dealkylation sites (tertiary alicyclic amines) is 1. The van der Waals surface area contributed by atoms with E-state index in [1.165, 1.54) is 5.56 Å². The van der Waals surface area contributed by atoms with Crippen molar-refractivity contribution in [1.82, 2.24) is 10.2 Å². The van der Waals surface area contributed by atoms with E-state index in [1.807, 2.05) is 18.2 Å². The molecular weight excluding hydrogens is 376 g/mol. The van der Waals surface area contributed by atoms with E-state index < -0.39 is 6.10 Å². The van der Waals surface area contributed by atoms with Crippen LogP contribution in [0.2, 0.25) is 5.02 Å². The number of benzene rings is 2. The number of halogens is 1. The summed E-state index contributed by atoms with van der Waals surface area (Å²) >= 11 is 5.87. The minimum atomic E-state index is -0.548. The number of rotatable bonds is 7. The van der Waals surface area contributed by atoms with Crippen LogP contribution in [0.1, 0.15) is 25.3 Å². The molecule has 1 aliphatic heterocycles. The fourth-order valence-electron chi connectivity index (χ4n) is 3.40. The number of piperidine rings is 1. The Morgan fingerprint density at radius 2 is 1.86 bits per heavy atom. The summed E-state index contributed by atoms with van der Waals surface area (Å²) in [6.45, 7) is 4.51. The van der Waals surface area contributed by atoms with Gasteiger partial charge in [-0.05, 0) is 50.1 Å². The molecule has 0 saturated carbocycles. The Morgan fingerprint density at radius 1 is 1.18 bits per heavy atom. The Balaban J connectivity index is 1.44. The van der Waals surface area contributed by atoms with Crippen LogP contribution < -0.4 is 14.8 Å². The van der Waals surface area contributed by atoms with Crippen LogP contribution in [0.5, 0.6) is 11.5 Å². The monoisotopic (exact) mass is 402 g/mol. The highest BCUT2D eigenvalue weighted by Gasteiger charge is 2.24. The lowest BCUT2D eigenvalue weighted by atomic mass is 10.0. The number of nitrogens with zero attached hydrogens (tertiary/aromatic N) is 1. The first kappa shape index (κ1) is 20.5. The van der Waals surface area contributed by atoms with Crippen LogP contribution >= 0.6 is 11.6 Å². The van der Waals surface area contributed by atoms with Gasteiger partial charge in [-0.3, -0.25) is 9.69 Å². The Bertz CT molecular complexity index is 774.